The van der Waals surface area contributed by atoms with E-state index in [2.05, 4.69) is 32.6 Å². The molecule has 5 nitrogen and oxygen atoms in total. The second-order valence-corrected chi connectivity index (χ2v) is 10.3. The van der Waals surface area contributed by atoms with Gasteiger partial charge in [-0.05, 0) is 66.1 Å². The van der Waals surface area contributed by atoms with E-state index < -0.39 is 0 Å². The molecular formula is C27H34FN3O2. The number of carbonyl (C=O) groups excluding carboxylic acids is 1. The van der Waals surface area contributed by atoms with E-state index in [0.29, 0.717) is 36.4 Å². The van der Waals surface area contributed by atoms with Crippen molar-refractivity contribution in [3.63, 3.8) is 0 Å². The van der Waals surface area contributed by atoms with Crippen LogP contribution < -0.4 is 4.90 Å². The van der Waals surface area contributed by atoms with Gasteiger partial charge < -0.3 is 14.5 Å². The molecule has 4 rings (SSSR count). The molecule has 0 aliphatic carbocycles. The van der Waals surface area contributed by atoms with Crippen LogP contribution in [0, 0.1) is 32.0 Å². The summed E-state index contributed by atoms with van der Waals surface area (Å²) in [7, 11) is 0. The van der Waals surface area contributed by atoms with Gasteiger partial charge in [0.15, 0.2) is 5.78 Å². The predicted molar refractivity (Wildman–Crippen MR) is 130 cm³/mol. The first-order chi connectivity index (χ1) is 15.5. The summed E-state index contributed by atoms with van der Waals surface area (Å²) < 4.78 is 20.4. The van der Waals surface area contributed by atoms with Gasteiger partial charge in [-0.1, -0.05) is 26.8 Å². The third-order valence-corrected chi connectivity index (χ3v) is 6.96. The molecule has 0 amide bonds. The average molecular weight is 452 g/mol. The van der Waals surface area contributed by atoms with Crippen LogP contribution in [0.3, 0.4) is 0 Å². The number of halogens is 1. The molecule has 2 aliphatic rings. The van der Waals surface area contributed by atoms with E-state index in [-0.39, 0.29) is 29.4 Å². The van der Waals surface area contributed by atoms with E-state index in [1.807, 2.05) is 25.1 Å². The number of amidine groups is 1. The second-order valence-electron chi connectivity index (χ2n) is 10.3. The standard InChI is InChI=1S/C27H34FN3O2/c1-16-11-20-14-31(26(29)24(20)25(28)17(16)2)15-23(32)19-12-21(27(4,5)6)18(3)22(13-19)30-7-9-33-10-8-30/h11-13,29H,7-10,14-15H2,1-6H3. The monoisotopic (exact) mass is 451 g/mol. The van der Waals surface area contributed by atoms with E-state index in [1.54, 1.807) is 11.8 Å². The first-order valence-corrected chi connectivity index (χ1v) is 11.6. The van der Waals surface area contributed by atoms with Crippen LogP contribution in [0.2, 0.25) is 0 Å². The van der Waals surface area contributed by atoms with E-state index in [0.717, 1.165) is 35.5 Å². The minimum Gasteiger partial charge on any atom is -0.378 e. The van der Waals surface area contributed by atoms with Crippen molar-refractivity contribution in [1.29, 1.82) is 5.41 Å². The Bertz CT molecular complexity index is 1130. The third-order valence-electron chi connectivity index (χ3n) is 6.96. The van der Waals surface area contributed by atoms with Crippen LogP contribution in [-0.4, -0.2) is 49.4 Å². The summed E-state index contributed by atoms with van der Waals surface area (Å²) in [6, 6.07) is 5.93. The number of carbonyl (C=O) groups is 1. The number of nitrogens with zero attached hydrogens (tertiary/aromatic N) is 2. The molecule has 1 fully saturated rings. The number of aryl methyl sites for hydroxylation is 1. The van der Waals surface area contributed by atoms with Crippen molar-refractivity contribution in [2.45, 2.75) is 53.5 Å². The highest BCUT2D eigenvalue weighted by atomic mass is 19.1. The van der Waals surface area contributed by atoms with Gasteiger partial charge >= 0.3 is 0 Å². The molecule has 2 aliphatic heterocycles. The molecule has 176 valence electrons. The van der Waals surface area contributed by atoms with Crippen molar-refractivity contribution >= 4 is 17.3 Å². The maximum absolute atomic E-state index is 14.9. The highest BCUT2D eigenvalue weighted by Crippen LogP contribution is 2.35. The number of fused-ring (bicyclic) bond motifs is 1. The van der Waals surface area contributed by atoms with Crippen LogP contribution in [0.15, 0.2) is 18.2 Å². The van der Waals surface area contributed by atoms with Gasteiger partial charge in [-0.15, -0.1) is 0 Å². The summed E-state index contributed by atoms with van der Waals surface area (Å²) in [6.45, 7) is 15.6. The fourth-order valence-corrected chi connectivity index (χ4v) is 4.94. The highest BCUT2D eigenvalue weighted by Gasteiger charge is 2.31. The van der Waals surface area contributed by atoms with Crippen molar-refractivity contribution in [1.82, 2.24) is 4.90 Å². The number of Topliss-reactive ketones (excluding diaryl/α,β-unsaturated/α-hetero) is 1. The van der Waals surface area contributed by atoms with Gasteiger partial charge in [0.2, 0.25) is 0 Å². The molecule has 6 heteroatoms. The van der Waals surface area contributed by atoms with Gasteiger partial charge in [0.1, 0.15) is 11.7 Å². The fourth-order valence-electron chi connectivity index (χ4n) is 4.94. The molecule has 2 aromatic rings. The number of nitrogens with one attached hydrogen (secondary N) is 1. The second kappa shape index (κ2) is 8.56. The number of ether oxygens (including phenoxy) is 1. The summed E-state index contributed by atoms with van der Waals surface area (Å²) in [6.07, 6.45) is 0. The molecule has 2 aromatic carbocycles. The Kier molecular flexibility index (Phi) is 6.08. The predicted octanol–water partition coefficient (Wildman–Crippen LogP) is 4.91. The number of morpholine rings is 1. The van der Waals surface area contributed by atoms with Crippen molar-refractivity contribution in [2.75, 3.05) is 37.7 Å². The summed E-state index contributed by atoms with van der Waals surface area (Å²) >= 11 is 0. The van der Waals surface area contributed by atoms with E-state index in [9.17, 15) is 9.18 Å². The average Bonchev–Trinajstić information content (AvgIpc) is 3.06. The van der Waals surface area contributed by atoms with Crippen LogP contribution in [0.5, 0.6) is 0 Å². The van der Waals surface area contributed by atoms with Gasteiger partial charge in [-0.25, -0.2) is 4.39 Å². The molecule has 0 spiro atoms. The van der Waals surface area contributed by atoms with Crippen LogP contribution in [0.4, 0.5) is 10.1 Å². The summed E-state index contributed by atoms with van der Waals surface area (Å²) in [5, 5.41) is 8.54. The van der Waals surface area contributed by atoms with E-state index in [4.69, 9.17) is 10.1 Å². The molecule has 2 heterocycles. The molecule has 0 unspecified atom stereocenters. The maximum Gasteiger partial charge on any atom is 0.182 e. The van der Waals surface area contributed by atoms with E-state index >= 15 is 0 Å². The number of benzene rings is 2. The Hall–Kier alpha value is -2.73. The number of hydrogen-bond donors (Lipinski definition) is 1. The molecule has 0 atom stereocenters. The Labute approximate surface area is 196 Å². The van der Waals surface area contributed by atoms with Gasteiger partial charge in [0, 0.05) is 30.9 Å². The largest absolute Gasteiger partial charge is 0.378 e. The van der Waals surface area contributed by atoms with Crippen LogP contribution in [0.1, 0.15) is 64.5 Å². The number of ketones is 1. The third kappa shape index (κ3) is 4.29. The zero-order valence-electron chi connectivity index (χ0n) is 20.6. The normalized spacial score (nSPS) is 16.4. The number of rotatable bonds is 4. The number of anilines is 1. The lowest BCUT2D eigenvalue weighted by molar-refractivity contribution is 0.0962. The van der Waals surface area contributed by atoms with Crippen LogP contribution >= 0.6 is 0 Å². The minimum atomic E-state index is -0.343. The van der Waals surface area contributed by atoms with E-state index in [1.165, 1.54) is 5.56 Å². The lowest BCUT2D eigenvalue weighted by Crippen LogP contribution is -2.37. The van der Waals surface area contributed by atoms with Crippen LogP contribution in [-0.2, 0) is 16.7 Å². The maximum atomic E-state index is 14.9. The molecular weight excluding hydrogens is 417 g/mol. The van der Waals surface area contributed by atoms with Crippen molar-refractivity contribution in [3.8, 4) is 0 Å². The van der Waals surface area contributed by atoms with Gasteiger partial charge in [-0.3, -0.25) is 10.2 Å². The highest BCUT2D eigenvalue weighted by molar-refractivity contribution is 6.06. The lowest BCUT2D eigenvalue weighted by atomic mass is 9.82. The zero-order chi connectivity index (χ0) is 24.1. The van der Waals surface area contributed by atoms with Gasteiger partial charge in [-0.2, -0.15) is 0 Å². The summed E-state index contributed by atoms with van der Waals surface area (Å²) in [5.41, 5.74) is 6.49. The Morgan fingerprint density at radius 1 is 1.09 bits per heavy atom. The van der Waals surface area contributed by atoms with Crippen molar-refractivity contribution in [2.24, 2.45) is 0 Å². The van der Waals surface area contributed by atoms with Crippen molar-refractivity contribution < 1.29 is 13.9 Å². The summed E-state index contributed by atoms with van der Waals surface area (Å²) in [5.74, 6) is -0.304. The smallest absolute Gasteiger partial charge is 0.182 e. The quantitative estimate of drug-likeness (QED) is 0.671. The Morgan fingerprint density at radius 2 is 1.76 bits per heavy atom. The van der Waals surface area contributed by atoms with Crippen LogP contribution in [0.25, 0.3) is 0 Å². The Morgan fingerprint density at radius 3 is 2.39 bits per heavy atom. The Balaban J connectivity index is 1.66. The molecule has 1 N–H and O–H groups in total. The lowest BCUT2D eigenvalue weighted by Gasteiger charge is -2.33. The molecule has 0 radical (unpaired) electrons. The molecule has 33 heavy (non-hydrogen) atoms. The minimum absolute atomic E-state index is 0.0542. The first kappa shape index (κ1) is 23.4. The SMILES string of the molecule is Cc1cc2c(c(F)c1C)C(=N)N(CC(=O)c1cc(N3CCOCC3)c(C)c(C(C)(C)C)c1)C2. The zero-order valence-corrected chi connectivity index (χ0v) is 20.6. The number of hydrogen-bond acceptors (Lipinski definition) is 4. The summed E-state index contributed by atoms with van der Waals surface area (Å²) in [4.78, 5) is 17.4. The first-order valence-electron chi connectivity index (χ1n) is 11.6. The molecule has 0 aromatic heterocycles. The molecule has 1 saturated heterocycles. The van der Waals surface area contributed by atoms with Gasteiger partial charge in [0.05, 0.1) is 25.3 Å². The molecule has 0 bridgehead atoms. The van der Waals surface area contributed by atoms with Gasteiger partial charge in [0.25, 0.3) is 0 Å². The topological polar surface area (TPSA) is 56.6 Å². The van der Waals surface area contributed by atoms with Crippen molar-refractivity contribution in [3.05, 3.63) is 63.0 Å². The fraction of sp³-hybridized carbons (Fsp3) is 0.481. The molecule has 0 saturated carbocycles.